The van der Waals surface area contributed by atoms with Crippen LogP contribution < -0.4 is 4.74 Å². The predicted octanol–water partition coefficient (Wildman–Crippen LogP) is 0.997. The summed E-state index contributed by atoms with van der Waals surface area (Å²) in [7, 11) is 2.67. The number of rotatable bonds is 4. The van der Waals surface area contributed by atoms with E-state index in [0.717, 1.165) is 0 Å². The van der Waals surface area contributed by atoms with Gasteiger partial charge in [-0.05, 0) is 12.1 Å². The van der Waals surface area contributed by atoms with Gasteiger partial charge in [0.2, 0.25) is 0 Å². The van der Waals surface area contributed by atoms with E-state index < -0.39 is 12.1 Å². The second-order valence-corrected chi connectivity index (χ2v) is 3.22. The number of phenols is 1. The Morgan fingerprint density at radius 3 is 2.69 bits per heavy atom. The van der Waals surface area contributed by atoms with Crippen molar-refractivity contribution in [1.82, 2.24) is 0 Å². The summed E-state index contributed by atoms with van der Waals surface area (Å²) in [5.41, 5.74) is 0.436. The first kappa shape index (κ1) is 12.3. The van der Waals surface area contributed by atoms with Gasteiger partial charge < -0.3 is 19.7 Å². The van der Waals surface area contributed by atoms with Crippen LogP contribution in [0.5, 0.6) is 11.5 Å². The molecule has 0 bridgehead atoms. The molecule has 0 heterocycles. The molecule has 1 aromatic rings. The van der Waals surface area contributed by atoms with Crippen molar-refractivity contribution in [2.45, 2.75) is 12.5 Å². The third-order valence-corrected chi connectivity index (χ3v) is 2.16. The zero-order valence-corrected chi connectivity index (χ0v) is 9.14. The number of hydrogen-bond acceptors (Lipinski definition) is 5. The lowest BCUT2D eigenvalue weighted by Gasteiger charge is -2.13. The standard InChI is InChI=1S/C11H14O5/c1-15-10-5-7(12)3-4-8(10)9(13)6-11(14)16-2/h3-5,9,12-13H,6H2,1-2H3/t9-/m1/s1. The maximum Gasteiger partial charge on any atom is 0.308 e. The van der Waals surface area contributed by atoms with E-state index >= 15 is 0 Å². The van der Waals surface area contributed by atoms with E-state index in [0.29, 0.717) is 11.3 Å². The molecule has 0 radical (unpaired) electrons. The fraction of sp³-hybridized carbons (Fsp3) is 0.364. The molecule has 0 aliphatic rings. The van der Waals surface area contributed by atoms with E-state index in [1.165, 1.54) is 32.4 Å². The topological polar surface area (TPSA) is 76.0 Å². The third kappa shape index (κ3) is 2.87. The van der Waals surface area contributed by atoms with E-state index in [1.54, 1.807) is 0 Å². The van der Waals surface area contributed by atoms with Crippen LogP contribution in [0.3, 0.4) is 0 Å². The summed E-state index contributed by atoms with van der Waals surface area (Å²) in [6.07, 6.45) is -1.17. The van der Waals surface area contributed by atoms with Gasteiger partial charge in [-0.15, -0.1) is 0 Å². The van der Waals surface area contributed by atoms with Gasteiger partial charge in [0.1, 0.15) is 11.5 Å². The highest BCUT2D eigenvalue weighted by molar-refractivity contribution is 5.70. The lowest BCUT2D eigenvalue weighted by Crippen LogP contribution is -2.09. The number of aliphatic hydroxyl groups excluding tert-OH is 1. The van der Waals surface area contributed by atoms with Crippen molar-refractivity contribution in [2.75, 3.05) is 14.2 Å². The smallest absolute Gasteiger partial charge is 0.308 e. The lowest BCUT2D eigenvalue weighted by atomic mass is 10.1. The minimum absolute atomic E-state index is 0.0332. The fourth-order valence-corrected chi connectivity index (χ4v) is 1.33. The largest absolute Gasteiger partial charge is 0.508 e. The molecule has 1 rings (SSSR count). The molecule has 1 aromatic carbocycles. The average Bonchev–Trinajstić information content (AvgIpc) is 2.28. The second-order valence-electron chi connectivity index (χ2n) is 3.22. The molecule has 5 heteroatoms. The van der Waals surface area contributed by atoms with Crippen LogP contribution in [0.15, 0.2) is 18.2 Å². The van der Waals surface area contributed by atoms with Gasteiger partial charge in [0, 0.05) is 11.6 Å². The van der Waals surface area contributed by atoms with Gasteiger partial charge in [-0.1, -0.05) is 0 Å². The Kier molecular flexibility index (Phi) is 4.13. The molecule has 16 heavy (non-hydrogen) atoms. The van der Waals surface area contributed by atoms with Gasteiger partial charge >= 0.3 is 5.97 Å². The van der Waals surface area contributed by atoms with Crippen LogP contribution in [0.2, 0.25) is 0 Å². The number of aromatic hydroxyl groups is 1. The van der Waals surface area contributed by atoms with Crippen LogP contribution in [0, 0.1) is 0 Å². The van der Waals surface area contributed by atoms with Gasteiger partial charge in [0.25, 0.3) is 0 Å². The molecule has 0 aliphatic carbocycles. The van der Waals surface area contributed by atoms with Crippen LogP contribution >= 0.6 is 0 Å². The van der Waals surface area contributed by atoms with Crippen LogP contribution in [0.4, 0.5) is 0 Å². The molecule has 5 nitrogen and oxygen atoms in total. The molecule has 0 spiro atoms. The number of phenolic OH excluding ortho intramolecular Hbond substituents is 1. The Labute approximate surface area is 93.2 Å². The number of carbonyl (C=O) groups is 1. The summed E-state index contributed by atoms with van der Waals surface area (Å²) in [6, 6.07) is 4.29. The van der Waals surface area contributed by atoms with Gasteiger partial charge in [-0.3, -0.25) is 4.79 Å². The van der Waals surface area contributed by atoms with Crippen molar-refractivity contribution >= 4 is 5.97 Å². The van der Waals surface area contributed by atoms with E-state index in [1.807, 2.05) is 0 Å². The molecule has 0 aliphatic heterocycles. The Bertz CT molecular complexity index is 375. The van der Waals surface area contributed by atoms with E-state index in [9.17, 15) is 15.0 Å². The number of benzene rings is 1. The molecular formula is C11H14O5. The molecule has 0 saturated heterocycles. The van der Waals surface area contributed by atoms with Crippen molar-refractivity contribution < 1.29 is 24.5 Å². The average molecular weight is 226 g/mol. The summed E-state index contributed by atoms with van der Waals surface area (Å²) in [5, 5.41) is 19.0. The molecule has 0 unspecified atom stereocenters. The number of aliphatic hydroxyl groups is 1. The van der Waals surface area contributed by atoms with E-state index in [-0.39, 0.29) is 12.2 Å². The van der Waals surface area contributed by atoms with Crippen molar-refractivity contribution in [3.05, 3.63) is 23.8 Å². The number of methoxy groups -OCH3 is 2. The number of esters is 1. The Morgan fingerprint density at radius 2 is 2.12 bits per heavy atom. The van der Waals surface area contributed by atoms with Gasteiger partial charge in [-0.2, -0.15) is 0 Å². The maximum atomic E-state index is 11.0. The summed E-state index contributed by atoms with van der Waals surface area (Å²) in [5.74, 6) is -0.148. The molecule has 2 N–H and O–H groups in total. The highest BCUT2D eigenvalue weighted by atomic mass is 16.5. The van der Waals surface area contributed by atoms with E-state index in [2.05, 4.69) is 4.74 Å². The zero-order valence-electron chi connectivity index (χ0n) is 9.14. The van der Waals surface area contributed by atoms with Gasteiger partial charge in [0.15, 0.2) is 0 Å². The quantitative estimate of drug-likeness (QED) is 0.749. The highest BCUT2D eigenvalue weighted by Crippen LogP contribution is 2.30. The minimum Gasteiger partial charge on any atom is -0.508 e. The molecule has 0 aromatic heterocycles. The number of carbonyl (C=O) groups excluding carboxylic acids is 1. The summed E-state index contributed by atoms with van der Waals surface area (Å²) in [4.78, 5) is 11.0. The Balaban J connectivity index is 2.90. The molecule has 0 amide bonds. The predicted molar refractivity (Wildman–Crippen MR) is 56.3 cm³/mol. The van der Waals surface area contributed by atoms with Gasteiger partial charge in [-0.25, -0.2) is 0 Å². The van der Waals surface area contributed by atoms with Crippen LogP contribution in [-0.4, -0.2) is 30.4 Å². The summed E-state index contributed by atoms with van der Waals surface area (Å²) < 4.78 is 9.44. The molecular weight excluding hydrogens is 212 g/mol. The maximum absolute atomic E-state index is 11.0. The van der Waals surface area contributed by atoms with Crippen molar-refractivity contribution in [2.24, 2.45) is 0 Å². The normalized spacial score (nSPS) is 11.9. The monoisotopic (exact) mass is 226 g/mol. The SMILES string of the molecule is COC(=O)C[C@@H](O)c1ccc(O)cc1OC. The van der Waals surface area contributed by atoms with Crippen molar-refractivity contribution in [3.8, 4) is 11.5 Å². The second kappa shape index (κ2) is 5.37. The lowest BCUT2D eigenvalue weighted by molar-refractivity contribution is -0.142. The first-order chi connectivity index (χ1) is 7.58. The van der Waals surface area contributed by atoms with Crippen LogP contribution in [-0.2, 0) is 9.53 Å². The van der Waals surface area contributed by atoms with Crippen molar-refractivity contribution in [3.63, 3.8) is 0 Å². The Morgan fingerprint density at radius 1 is 1.44 bits per heavy atom. The molecule has 88 valence electrons. The highest BCUT2D eigenvalue weighted by Gasteiger charge is 2.17. The first-order valence-corrected chi connectivity index (χ1v) is 4.70. The summed E-state index contributed by atoms with van der Waals surface area (Å²) in [6.45, 7) is 0. The molecule has 0 saturated carbocycles. The fourth-order valence-electron chi connectivity index (χ4n) is 1.33. The number of hydrogen-bond donors (Lipinski definition) is 2. The summed E-state index contributed by atoms with van der Waals surface area (Å²) >= 11 is 0. The third-order valence-electron chi connectivity index (χ3n) is 2.16. The zero-order chi connectivity index (χ0) is 12.1. The first-order valence-electron chi connectivity index (χ1n) is 4.70. The van der Waals surface area contributed by atoms with Gasteiger partial charge in [0.05, 0.1) is 26.7 Å². The van der Waals surface area contributed by atoms with E-state index in [4.69, 9.17) is 4.74 Å². The molecule has 0 fully saturated rings. The minimum atomic E-state index is -1.01. The van der Waals surface area contributed by atoms with Crippen LogP contribution in [0.1, 0.15) is 18.1 Å². The number of ether oxygens (including phenoxy) is 2. The van der Waals surface area contributed by atoms with Crippen molar-refractivity contribution in [1.29, 1.82) is 0 Å². The van der Waals surface area contributed by atoms with Crippen LogP contribution in [0.25, 0.3) is 0 Å². The molecule has 1 atom stereocenters. The Hall–Kier alpha value is -1.75.